The molecule has 82 valence electrons. The molecule has 0 saturated heterocycles. The summed E-state index contributed by atoms with van der Waals surface area (Å²) in [7, 11) is 0. The Bertz CT molecular complexity index is 385. The third-order valence-electron chi connectivity index (χ3n) is 1.97. The summed E-state index contributed by atoms with van der Waals surface area (Å²) in [6.07, 6.45) is 0. The molecule has 0 bridgehead atoms. The van der Waals surface area contributed by atoms with Gasteiger partial charge in [0.05, 0.1) is 0 Å². The topological polar surface area (TPSA) is 46.5 Å². The average molecular weight is 212 g/mol. The molecule has 0 amide bonds. The van der Waals surface area contributed by atoms with Gasteiger partial charge in [-0.3, -0.25) is 0 Å². The molecule has 1 N–H and O–H groups in total. The average Bonchev–Trinajstić information content (AvgIpc) is 2.10. The van der Waals surface area contributed by atoms with Crippen molar-refractivity contribution in [1.29, 1.82) is 0 Å². The molecule has 0 unspecified atom stereocenters. The monoisotopic (exact) mass is 212 g/mol. The van der Waals surface area contributed by atoms with E-state index in [0.29, 0.717) is 0 Å². The Morgan fingerprint density at radius 2 is 2.07 bits per heavy atom. The molecule has 0 heterocycles. The number of ether oxygens (including phenoxy) is 1. The van der Waals surface area contributed by atoms with E-state index >= 15 is 0 Å². The molecule has 1 aromatic carbocycles. The number of rotatable bonds is 3. The first-order chi connectivity index (χ1) is 6.83. The zero-order chi connectivity index (χ0) is 11.6. The molecule has 1 aromatic rings. The number of halogens is 1. The molecule has 0 atom stereocenters. The quantitative estimate of drug-likeness (QED) is 0.836. The highest BCUT2D eigenvalue weighted by Gasteiger charge is 2.30. The van der Waals surface area contributed by atoms with Gasteiger partial charge in [0.1, 0.15) is 0 Å². The Morgan fingerprint density at radius 1 is 1.47 bits per heavy atom. The van der Waals surface area contributed by atoms with Crippen molar-refractivity contribution in [2.24, 2.45) is 0 Å². The zero-order valence-corrected chi connectivity index (χ0v) is 8.87. The fourth-order valence-corrected chi connectivity index (χ4v) is 1.01. The summed E-state index contributed by atoms with van der Waals surface area (Å²) in [5, 5.41) is 8.82. The second-order valence-corrected chi connectivity index (χ2v) is 3.85. The van der Waals surface area contributed by atoms with E-state index in [9.17, 15) is 9.18 Å². The van der Waals surface area contributed by atoms with E-state index < -0.39 is 17.4 Å². The molecule has 0 aliphatic carbocycles. The van der Waals surface area contributed by atoms with Crippen molar-refractivity contribution in [3.05, 3.63) is 29.6 Å². The summed E-state index contributed by atoms with van der Waals surface area (Å²) in [6, 6.07) is 4.32. The van der Waals surface area contributed by atoms with Gasteiger partial charge in [0.25, 0.3) is 0 Å². The van der Waals surface area contributed by atoms with Crippen molar-refractivity contribution in [3.63, 3.8) is 0 Å². The minimum atomic E-state index is -1.44. The normalized spacial score (nSPS) is 11.2. The first-order valence-corrected chi connectivity index (χ1v) is 4.51. The van der Waals surface area contributed by atoms with Crippen LogP contribution in [0.5, 0.6) is 5.75 Å². The Hall–Kier alpha value is -1.58. The Labute approximate surface area is 87.5 Å². The predicted octanol–water partition coefficient (Wildman–Crippen LogP) is 2.38. The van der Waals surface area contributed by atoms with E-state index in [-0.39, 0.29) is 5.75 Å². The summed E-state index contributed by atoms with van der Waals surface area (Å²) in [6.45, 7) is 4.52. The second-order valence-electron chi connectivity index (χ2n) is 3.85. The van der Waals surface area contributed by atoms with E-state index in [1.165, 1.54) is 26.0 Å². The van der Waals surface area contributed by atoms with Crippen LogP contribution in [0.1, 0.15) is 19.4 Å². The Balaban J connectivity index is 2.99. The van der Waals surface area contributed by atoms with Gasteiger partial charge in [0.2, 0.25) is 0 Å². The summed E-state index contributed by atoms with van der Waals surface area (Å²) >= 11 is 0. The third kappa shape index (κ3) is 2.68. The van der Waals surface area contributed by atoms with Crippen LogP contribution in [-0.4, -0.2) is 16.7 Å². The van der Waals surface area contributed by atoms with Crippen LogP contribution in [-0.2, 0) is 4.79 Å². The standard InChI is InChI=1S/C11H13FO3/c1-7-4-5-8(12)9(6-7)15-11(2,3)10(13)14/h4-6H,1-3H3,(H,13,14). The Kier molecular flexibility index (Phi) is 2.98. The van der Waals surface area contributed by atoms with Crippen molar-refractivity contribution in [2.45, 2.75) is 26.4 Å². The Morgan fingerprint density at radius 3 is 2.60 bits per heavy atom. The SMILES string of the molecule is Cc1ccc(F)c(OC(C)(C)C(=O)O)c1. The highest BCUT2D eigenvalue weighted by Crippen LogP contribution is 2.23. The van der Waals surface area contributed by atoms with Gasteiger partial charge in [0.15, 0.2) is 17.2 Å². The number of benzene rings is 1. The first kappa shape index (κ1) is 11.5. The largest absolute Gasteiger partial charge is 0.478 e. The predicted molar refractivity (Wildman–Crippen MR) is 53.5 cm³/mol. The van der Waals surface area contributed by atoms with Gasteiger partial charge >= 0.3 is 5.97 Å². The molecule has 0 aromatic heterocycles. The van der Waals surface area contributed by atoms with Gasteiger partial charge in [-0.15, -0.1) is 0 Å². The maximum atomic E-state index is 13.2. The van der Waals surface area contributed by atoms with Crippen LogP contribution in [0.2, 0.25) is 0 Å². The van der Waals surface area contributed by atoms with Gasteiger partial charge in [0, 0.05) is 0 Å². The molecular formula is C11H13FO3. The van der Waals surface area contributed by atoms with Crippen molar-refractivity contribution >= 4 is 5.97 Å². The van der Waals surface area contributed by atoms with Crippen LogP contribution in [0.4, 0.5) is 4.39 Å². The van der Waals surface area contributed by atoms with Gasteiger partial charge in [-0.1, -0.05) is 6.07 Å². The summed E-state index contributed by atoms with van der Waals surface area (Å²) in [5.41, 5.74) is -0.623. The van der Waals surface area contributed by atoms with Crippen LogP contribution >= 0.6 is 0 Å². The zero-order valence-electron chi connectivity index (χ0n) is 8.87. The van der Waals surface area contributed by atoms with E-state index in [0.717, 1.165) is 5.56 Å². The second kappa shape index (κ2) is 3.88. The van der Waals surface area contributed by atoms with Gasteiger partial charge < -0.3 is 9.84 Å². The van der Waals surface area contributed by atoms with E-state index in [1.54, 1.807) is 13.0 Å². The molecule has 0 aliphatic rings. The van der Waals surface area contributed by atoms with E-state index in [2.05, 4.69) is 0 Å². The number of hydrogen-bond donors (Lipinski definition) is 1. The van der Waals surface area contributed by atoms with E-state index in [4.69, 9.17) is 9.84 Å². The van der Waals surface area contributed by atoms with Crippen molar-refractivity contribution in [3.8, 4) is 5.75 Å². The third-order valence-corrected chi connectivity index (χ3v) is 1.97. The lowest BCUT2D eigenvalue weighted by atomic mass is 10.1. The van der Waals surface area contributed by atoms with E-state index in [1.807, 2.05) is 0 Å². The van der Waals surface area contributed by atoms with Crippen molar-refractivity contribution < 1.29 is 19.0 Å². The number of carbonyl (C=O) groups is 1. The molecule has 4 heteroatoms. The minimum Gasteiger partial charge on any atom is -0.478 e. The lowest BCUT2D eigenvalue weighted by Crippen LogP contribution is -2.38. The van der Waals surface area contributed by atoms with Gasteiger partial charge in [-0.05, 0) is 38.5 Å². The van der Waals surface area contributed by atoms with Gasteiger partial charge in [-0.25, -0.2) is 9.18 Å². The molecular weight excluding hydrogens is 199 g/mol. The maximum absolute atomic E-state index is 13.2. The lowest BCUT2D eigenvalue weighted by Gasteiger charge is -2.21. The maximum Gasteiger partial charge on any atom is 0.347 e. The molecule has 0 saturated carbocycles. The number of hydrogen-bond acceptors (Lipinski definition) is 2. The van der Waals surface area contributed by atoms with Crippen LogP contribution in [0.25, 0.3) is 0 Å². The molecule has 0 aliphatic heterocycles. The fourth-order valence-electron chi connectivity index (χ4n) is 1.01. The van der Waals surface area contributed by atoms with Crippen LogP contribution in [0.15, 0.2) is 18.2 Å². The molecule has 0 spiro atoms. The lowest BCUT2D eigenvalue weighted by molar-refractivity contribution is -0.152. The number of carboxylic acids is 1. The summed E-state index contributed by atoms with van der Waals surface area (Å²) in [5.74, 6) is -1.74. The first-order valence-electron chi connectivity index (χ1n) is 4.51. The summed E-state index contributed by atoms with van der Waals surface area (Å²) < 4.78 is 18.3. The minimum absolute atomic E-state index is 0.0394. The molecule has 0 fully saturated rings. The molecule has 0 radical (unpaired) electrons. The number of carboxylic acid groups (broad SMARTS) is 1. The molecule has 15 heavy (non-hydrogen) atoms. The highest BCUT2D eigenvalue weighted by atomic mass is 19.1. The molecule has 1 rings (SSSR count). The fraction of sp³-hybridized carbons (Fsp3) is 0.364. The summed E-state index contributed by atoms with van der Waals surface area (Å²) in [4.78, 5) is 10.8. The highest BCUT2D eigenvalue weighted by molar-refractivity contribution is 5.76. The van der Waals surface area contributed by atoms with Crippen molar-refractivity contribution in [2.75, 3.05) is 0 Å². The molecule has 3 nitrogen and oxygen atoms in total. The number of aliphatic carboxylic acids is 1. The van der Waals surface area contributed by atoms with Crippen molar-refractivity contribution in [1.82, 2.24) is 0 Å². The van der Waals surface area contributed by atoms with Crippen LogP contribution in [0.3, 0.4) is 0 Å². The van der Waals surface area contributed by atoms with Crippen LogP contribution in [0, 0.1) is 12.7 Å². The smallest absolute Gasteiger partial charge is 0.347 e. The van der Waals surface area contributed by atoms with Gasteiger partial charge in [-0.2, -0.15) is 0 Å². The van der Waals surface area contributed by atoms with Crippen LogP contribution < -0.4 is 4.74 Å². The number of aryl methyl sites for hydroxylation is 1.